The van der Waals surface area contributed by atoms with Crippen molar-refractivity contribution in [3.63, 3.8) is 0 Å². The number of hydrogen-bond acceptors (Lipinski definition) is 3. The van der Waals surface area contributed by atoms with E-state index in [1.54, 1.807) is 43.3 Å². The van der Waals surface area contributed by atoms with Gasteiger partial charge in [-0.3, -0.25) is 4.79 Å². The van der Waals surface area contributed by atoms with E-state index in [1.165, 1.54) is 6.07 Å². The summed E-state index contributed by atoms with van der Waals surface area (Å²) in [6.07, 6.45) is 0. The monoisotopic (exact) mass is 285 g/mol. The molecule has 2 rings (SSSR count). The summed E-state index contributed by atoms with van der Waals surface area (Å²) in [6.45, 7) is 1.94. The van der Waals surface area contributed by atoms with Crippen LogP contribution in [-0.4, -0.2) is 17.0 Å². The first-order valence-electron chi connectivity index (χ1n) is 6.33. The molecule has 0 saturated carbocycles. The van der Waals surface area contributed by atoms with Crippen LogP contribution < -0.4 is 10.5 Å². The lowest BCUT2D eigenvalue weighted by Crippen LogP contribution is -2.11. The molecule has 2 aromatic rings. The number of carboxylic acids is 1. The molecular formula is C16H15NO4. The number of nitrogens with two attached hydrogens (primary N) is 1. The standard InChI is InChI=1S/C16H15NO4/c1-10-4-2-7-13(16(19)20)14(10)21-9-11-5-3-6-12(8-11)15(17)18/h2-8H,9H2,1H3,(H2,17,18)(H,19,20). The molecule has 0 aliphatic heterocycles. The number of para-hydroxylation sites is 1. The van der Waals surface area contributed by atoms with Crippen LogP contribution in [0.3, 0.4) is 0 Å². The van der Waals surface area contributed by atoms with Crippen LogP contribution >= 0.6 is 0 Å². The highest BCUT2D eigenvalue weighted by atomic mass is 16.5. The van der Waals surface area contributed by atoms with Gasteiger partial charge in [-0.05, 0) is 36.2 Å². The Hall–Kier alpha value is -2.82. The molecule has 0 unspecified atom stereocenters. The topological polar surface area (TPSA) is 89.6 Å². The van der Waals surface area contributed by atoms with Crippen molar-refractivity contribution in [1.82, 2.24) is 0 Å². The van der Waals surface area contributed by atoms with Gasteiger partial charge in [0.25, 0.3) is 0 Å². The molecule has 0 aromatic heterocycles. The zero-order chi connectivity index (χ0) is 15.4. The molecule has 0 bridgehead atoms. The number of primary amides is 1. The average molecular weight is 285 g/mol. The third-order valence-corrected chi connectivity index (χ3v) is 3.04. The number of ether oxygens (including phenoxy) is 1. The van der Waals surface area contributed by atoms with Crippen molar-refractivity contribution in [2.45, 2.75) is 13.5 Å². The third kappa shape index (κ3) is 3.39. The van der Waals surface area contributed by atoms with Crippen LogP contribution in [0.25, 0.3) is 0 Å². The van der Waals surface area contributed by atoms with Crippen molar-refractivity contribution >= 4 is 11.9 Å². The van der Waals surface area contributed by atoms with Crippen molar-refractivity contribution < 1.29 is 19.4 Å². The quantitative estimate of drug-likeness (QED) is 0.882. The first-order valence-corrected chi connectivity index (χ1v) is 6.33. The second kappa shape index (κ2) is 6.09. The molecule has 0 fully saturated rings. The van der Waals surface area contributed by atoms with Crippen molar-refractivity contribution in [2.75, 3.05) is 0 Å². The molecule has 5 heteroatoms. The molecule has 0 radical (unpaired) electrons. The maximum absolute atomic E-state index is 11.2. The minimum atomic E-state index is -1.04. The van der Waals surface area contributed by atoms with E-state index in [0.717, 1.165) is 11.1 Å². The number of carboxylic acid groups (broad SMARTS) is 1. The Morgan fingerprint density at radius 2 is 1.90 bits per heavy atom. The summed E-state index contributed by atoms with van der Waals surface area (Å²) in [7, 11) is 0. The van der Waals surface area contributed by atoms with Crippen molar-refractivity contribution in [3.05, 3.63) is 64.7 Å². The van der Waals surface area contributed by atoms with Gasteiger partial charge in [0.15, 0.2) is 0 Å². The predicted molar refractivity (Wildman–Crippen MR) is 77.4 cm³/mol. The number of benzene rings is 2. The van der Waals surface area contributed by atoms with E-state index in [2.05, 4.69) is 0 Å². The van der Waals surface area contributed by atoms with E-state index in [4.69, 9.17) is 15.6 Å². The fraction of sp³-hybridized carbons (Fsp3) is 0.125. The molecule has 0 aliphatic carbocycles. The second-order valence-electron chi connectivity index (χ2n) is 4.61. The lowest BCUT2D eigenvalue weighted by atomic mass is 10.1. The summed E-state index contributed by atoms with van der Waals surface area (Å²) in [4.78, 5) is 22.3. The lowest BCUT2D eigenvalue weighted by Gasteiger charge is -2.12. The van der Waals surface area contributed by atoms with Crippen molar-refractivity contribution in [3.8, 4) is 5.75 Å². The highest BCUT2D eigenvalue weighted by molar-refractivity contribution is 5.93. The van der Waals surface area contributed by atoms with Gasteiger partial charge in [0.05, 0.1) is 0 Å². The van der Waals surface area contributed by atoms with Gasteiger partial charge in [-0.2, -0.15) is 0 Å². The van der Waals surface area contributed by atoms with E-state index in [0.29, 0.717) is 11.3 Å². The van der Waals surface area contributed by atoms with Crippen molar-refractivity contribution in [2.24, 2.45) is 5.73 Å². The second-order valence-corrected chi connectivity index (χ2v) is 4.61. The minimum absolute atomic E-state index is 0.112. The molecule has 0 aliphatic rings. The summed E-state index contributed by atoms with van der Waals surface area (Å²) < 4.78 is 5.62. The molecule has 0 heterocycles. The number of hydrogen-bond donors (Lipinski definition) is 2. The van der Waals surface area contributed by atoms with E-state index in [9.17, 15) is 9.59 Å². The van der Waals surface area contributed by atoms with Gasteiger partial charge in [0.2, 0.25) is 5.91 Å². The maximum atomic E-state index is 11.2. The molecule has 1 amide bonds. The SMILES string of the molecule is Cc1cccc(C(=O)O)c1OCc1cccc(C(N)=O)c1. The Balaban J connectivity index is 2.22. The first kappa shape index (κ1) is 14.6. The molecule has 5 nitrogen and oxygen atoms in total. The van der Waals surface area contributed by atoms with Gasteiger partial charge in [0, 0.05) is 5.56 Å². The normalized spacial score (nSPS) is 10.1. The molecule has 2 aromatic carbocycles. The van der Waals surface area contributed by atoms with Gasteiger partial charge in [-0.1, -0.05) is 24.3 Å². The summed E-state index contributed by atoms with van der Waals surface area (Å²) in [6, 6.07) is 11.7. The summed E-state index contributed by atoms with van der Waals surface area (Å²) in [5.41, 5.74) is 7.20. The van der Waals surface area contributed by atoms with Crippen LogP contribution in [0, 0.1) is 6.92 Å². The zero-order valence-electron chi connectivity index (χ0n) is 11.5. The van der Waals surface area contributed by atoms with Gasteiger partial charge < -0.3 is 15.6 Å². The van der Waals surface area contributed by atoms with Crippen LogP contribution in [0.5, 0.6) is 5.75 Å². The van der Waals surface area contributed by atoms with Gasteiger partial charge in [0.1, 0.15) is 17.9 Å². The Bertz CT molecular complexity index is 694. The zero-order valence-corrected chi connectivity index (χ0v) is 11.5. The van der Waals surface area contributed by atoms with E-state index >= 15 is 0 Å². The summed E-state index contributed by atoms with van der Waals surface area (Å²) >= 11 is 0. The number of amides is 1. The molecule has 0 atom stereocenters. The minimum Gasteiger partial charge on any atom is -0.488 e. The number of carbonyl (C=O) groups is 2. The van der Waals surface area contributed by atoms with Crippen LogP contribution in [0.15, 0.2) is 42.5 Å². The van der Waals surface area contributed by atoms with Gasteiger partial charge >= 0.3 is 5.97 Å². The summed E-state index contributed by atoms with van der Waals surface area (Å²) in [5.74, 6) is -1.23. The Kier molecular flexibility index (Phi) is 4.23. The number of rotatable bonds is 5. The van der Waals surface area contributed by atoms with E-state index in [-0.39, 0.29) is 12.2 Å². The highest BCUT2D eigenvalue weighted by Crippen LogP contribution is 2.24. The average Bonchev–Trinajstić information content (AvgIpc) is 2.46. The van der Waals surface area contributed by atoms with E-state index < -0.39 is 11.9 Å². The lowest BCUT2D eigenvalue weighted by molar-refractivity contribution is 0.0691. The molecule has 108 valence electrons. The van der Waals surface area contributed by atoms with Gasteiger partial charge in [-0.25, -0.2) is 4.79 Å². The number of aryl methyl sites for hydroxylation is 1. The Morgan fingerprint density at radius 3 is 2.57 bits per heavy atom. The molecule has 0 saturated heterocycles. The van der Waals surface area contributed by atoms with E-state index in [1.807, 2.05) is 0 Å². The fourth-order valence-corrected chi connectivity index (χ4v) is 1.98. The van der Waals surface area contributed by atoms with Crippen LogP contribution in [0.4, 0.5) is 0 Å². The van der Waals surface area contributed by atoms with Crippen LogP contribution in [-0.2, 0) is 6.61 Å². The van der Waals surface area contributed by atoms with Crippen LogP contribution in [0.2, 0.25) is 0 Å². The molecular weight excluding hydrogens is 270 g/mol. The largest absolute Gasteiger partial charge is 0.488 e. The Labute approximate surface area is 122 Å². The Morgan fingerprint density at radius 1 is 1.19 bits per heavy atom. The van der Waals surface area contributed by atoms with Gasteiger partial charge in [-0.15, -0.1) is 0 Å². The molecule has 3 N–H and O–H groups in total. The predicted octanol–water partition coefficient (Wildman–Crippen LogP) is 2.37. The molecule has 21 heavy (non-hydrogen) atoms. The number of aromatic carboxylic acids is 1. The fourth-order valence-electron chi connectivity index (χ4n) is 1.98. The third-order valence-electron chi connectivity index (χ3n) is 3.04. The molecule has 0 spiro atoms. The smallest absolute Gasteiger partial charge is 0.339 e. The maximum Gasteiger partial charge on any atom is 0.339 e. The van der Waals surface area contributed by atoms with Crippen LogP contribution in [0.1, 0.15) is 31.8 Å². The van der Waals surface area contributed by atoms with Crippen molar-refractivity contribution in [1.29, 1.82) is 0 Å². The number of carbonyl (C=O) groups excluding carboxylic acids is 1. The highest BCUT2D eigenvalue weighted by Gasteiger charge is 2.13. The summed E-state index contributed by atoms with van der Waals surface area (Å²) in [5, 5.41) is 9.16. The first-order chi connectivity index (χ1) is 9.99.